The van der Waals surface area contributed by atoms with Gasteiger partial charge in [0.2, 0.25) is 0 Å². The SMILES string of the molecule is CCNc1cncc(-n2nc(C)c(Cl)c2C)c1. The molecule has 17 heavy (non-hydrogen) atoms. The topological polar surface area (TPSA) is 42.7 Å². The summed E-state index contributed by atoms with van der Waals surface area (Å²) >= 11 is 6.13. The fourth-order valence-corrected chi connectivity index (χ4v) is 1.84. The van der Waals surface area contributed by atoms with Crippen molar-refractivity contribution in [3.8, 4) is 5.69 Å². The van der Waals surface area contributed by atoms with Crippen LogP contribution in [0.15, 0.2) is 18.5 Å². The molecule has 0 unspecified atom stereocenters. The lowest BCUT2D eigenvalue weighted by molar-refractivity contribution is 0.828. The van der Waals surface area contributed by atoms with Gasteiger partial charge in [-0.25, -0.2) is 4.68 Å². The first kappa shape index (κ1) is 11.9. The summed E-state index contributed by atoms with van der Waals surface area (Å²) < 4.78 is 1.81. The Morgan fingerprint density at radius 2 is 2.12 bits per heavy atom. The molecule has 4 nitrogen and oxygen atoms in total. The molecule has 90 valence electrons. The standard InChI is InChI=1S/C12H15ClN4/c1-4-15-10-5-11(7-14-6-10)17-9(3)12(13)8(2)16-17/h5-7,15H,4H2,1-3H3. The van der Waals surface area contributed by atoms with Crippen LogP contribution in [0.1, 0.15) is 18.3 Å². The Bertz CT molecular complexity index is 533. The van der Waals surface area contributed by atoms with Crippen LogP contribution >= 0.6 is 11.6 Å². The van der Waals surface area contributed by atoms with Gasteiger partial charge in [-0.1, -0.05) is 11.6 Å². The van der Waals surface area contributed by atoms with Gasteiger partial charge in [-0.3, -0.25) is 4.98 Å². The molecule has 0 aliphatic heterocycles. The molecule has 0 amide bonds. The van der Waals surface area contributed by atoms with E-state index in [1.165, 1.54) is 0 Å². The third kappa shape index (κ3) is 2.26. The first-order valence-corrected chi connectivity index (χ1v) is 5.92. The van der Waals surface area contributed by atoms with E-state index >= 15 is 0 Å². The Balaban J connectivity index is 2.45. The zero-order valence-corrected chi connectivity index (χ0v) is 10.9. The summed E-state index contributed by atoms with van der Waals surface area (Å²) in [6.45, 7) is 6.76. The van der Waals surface area contributed by atoms with Crippen LogP contribution < -0.4 is 5.32 Å². The number of aromatic nitrogens is 3. The lowest BCUT2D eigenvalue weighted by Crippen LogP contribution is -2.02. The van der Waals surface area contributed by atoms with Gasteiger partial charge in [0, 0.05) is 6.54 Å². The number of hydrogen-bond acceptors (Lipinski definition) is 3. The van der Waals surface area contributed by atoms with Gasteiger partial charge in [0.05, 0.1) is 40.2 Å². The highest BCUT2D eigenvalue weighted by atomic mass is 35.5. The fourth-order valence-electron chi connectivity index (χ4n) is 1.72. The summed E-state index contributed by atoms with van der Waals surface area (Å²) in [6, 6.07) is 2.01. The number of aryl methyl sites for hydroxylation is 1. The molecule has 1 N–H and O–H groups in total. The predicted octanol–water partition coefficient (Wildman–Crippen LogP) is 2.97. The van der Waals surface area contributed by atoms with E-state index in [2.05, 4.69) is 15.4 Å². The summed E-state index contributed by atoms with van der Waals surface area (Å²) in [5, 5.41) is 8.33. The average molecular weight is 251 g/mol. The zero-order chi connectivity index (χ0) is 12.4. The lowest BCUT2D eigenvalue weighted by atomic mass is 10.3. The van der Waals surface area contributed by atoms with Gasteiger partial charge in [-0.15, -0.1) is 0 Å². The van der Waals surface area contributed by atoms with E-state index < -0.39 is 0 Å². The molecular formula is C12H15ClN4. The van der Waals surface area contributed by atoms with E-state index in [0.717, 1.165) is 29.3 Å². The minimum absolute atomic E-state index is 0.707. The molecule has 0 aliphatic rings. The summed E-state index contributed by atoms with van der Waals surface area (Å²) in [7, 11) is 0. The Morgan fingerprint density at radius 3 is 2.71 bits per heavy atom. The van der Waals surface area contributed by atoms with E-state index in [1.54, 1.807) is 12.4 Å². The number of halogens is 1. The van der Waals surface area contributed by atoms with E-state index in [4.69, 9.17) is 11.6 Å². The van der Waals surface area contributed by atoms with Gasteiger partial charge < -0.3 is 5.32 Å². The molecular weight excluding hydrogens is 236 g/mol. The van der Waals surface area contributed by atoms with E-state index in [1.807, 2.05) is 31.5 Å². The normalized spacial score (nSPS) is 10.6. The zero-order valence-electron chi connectivity index (χ0n) is 10.2. The van der Waals surface area contributed by atoms with Crippen LogP contribution in [0.3, 0.4) is 0 Å². The molecule has 0 fully saturated rings. The molecule has 0 bridgehead atoms. The van der Waals surface area contributed by atoms with Crippen LogP contribution in [0, 0.1) is 13.8 Å². The molecule has 0 radical (unpaired) electrons. The second-order valence-electron chi connectivity index (χ2n) is 3.86. The third-order valence-electron chi connectivity index (χ3n) is 2.55. The van der Waals surface area contributed by atoms with Gasteiger partial charge in [-0.2, -0.15) is 5.10 Å². The number of nitrogens with one attached hydrogen (secondary N) is 1. The van der Waals surface area contributed by atoms with Crippen LogP contribution in [-0.2, 0) is 0 Å². The number of pyridine rings is 1. The second-order valence-corrected chi connectivity index (χ2v) is 4.24. The number of nitrogens with zero attached hydrogens (tertiary/aromatic N) is 3. The maximum absolute atomic E-state index is 6.13. The van der Waals surface area contributed by atoms with Gasteiger partial charge in [0.1, 0.15) is 0 Å². The number of rotatable bonds is 3. The van der Waals surface area contributed by atoms with Crippen molar-refractivity contribution in [3.63, 3.8) is 0 Å². The smallest absolute Gasteiger partial charge is 0.0853 e. The Kier molecular flexibility index (Phi) is 3.33. The highest BCUT2D eigenvalue weighted by molar-refractivity contribution is 6.31. The van der Waals surface area contributed by atoms with Crippen molar-refractivity contribution in [2.24, 2.45) is 0 Å². The predicted molar refractivity (Wildman–Crippen MR) is 70.0 cm³/mol. The molecule has 2 aromatic rings. The van der Waals surface area contributed by atoms with E-state index in [0.29, 0.717) is 5.02 Å². The summed E-state index contributed by atoms with van der Waals surface area (Å²) in [5.41, 5.74) is 3.65. The molecule has 0 spiro atoms. The van der Waals surface area contributed by atoms with Crippen molar-refractivity contribution in [3.05, 3.63) is 34.9 Å². The largest absolute Gasteiger partial charge is 0.384 e. The van der Waals surface area contributed by atoms with Crippen molar-refractivity contribution in [2.75, 3.05) is 11.9 Å². The van der Waals surface area contributed by atoms with Crippen molar-refractivity contribution in [1.82, 2.24) is 14.8 Å². The van der Waals surface area contributed by atoms with Crippen molar-refractivity contribution in [1.29, 1.82) is 0 Å². The quantitative estimate of drug-likeness (QED) is 0.911. The van der Waals surface area contributed by atoms with E-state index in [-0.39, 0.29) is 0 Å². The Hall–Kier alpha value is -1.55. The number of hydrogen-bond donors (Lipinski definition) is 1. The van der Waals surface area contributed by atoms with Crippen LogP contribution in [0.25, 0.3) is 5.69 Å². The lowest BCUT2D eigenvalue weighted by Gasteiger charge is -2.07. The summed E-state index contributed by atoms with van der Waals surface area (Å²) in [6.07, 6.45) is 3.57. The molecule has 2 heterocycles. The summed E-state index contributed by atoms with van der Waals surface area (Å²) in [5.74, 6) is 0. The summed E-state index contributed by atoms with van der Waals surface area (Å²) in [4.78, 5) is 4.19. The second kappa shape index (κ2) is 4.75. The molecule has 0 atom stereocenters. The Morgan fingerprint density at radius 1 is 1.35 bits per heavy atom. The minimum atomic E-state index is 0.707. The first-order chi connectivity index (χ1) is 8.13. The third-order valence-corrected chi connectivity index (χ3v) is 3.10. The maximum atomic E-state index is 6.13. The molecule has 0 saturated heterocycles. The monoisotopic (exact) mass is 250 g/mol. The van der Waals surface area contributed by atoms with Crippen molar-refractivity contribution in [2.45, 2.75) is 20.8 Å². The molecule has 5 heteroatoms. The van der Waals surface area contributed by atoms with Crippen LogP contribution in [0.4, 0.5) is 5.69 Å². The van der Waals surface area contributed by atoms with Crippen molar-refractivity contribution >= 4 is 17.3 Å². The highest BCUT2D eigenvalue weighted by Crippen LogP contribution is 2.22. The van der Waals surface area contributed by atoms with Crippen LogP contribution in [0.2, 0.25) is 5.02 Å². The molecule has 0 saturated carbocycles. The van der Waals surface area contributed by atoms with Crippen LogP contribution in [-0.4, -0.2) is 21.3 Å². The van der Waals surface area contributed by atoms with Gasteiger partial charge in [-0.05, 0) is 26.8 Å². The van der Waals surface area contributed by atoms with Gasteiger partial charge >= 0.3 is 0 Å². The molecule has 2 rings (SSSR count). The average Bonchev–Trinajstić information content (AvgIpc) is 2.58. The maximum Gasteiger partial charge on any atom is 0.0853 e. The fraction of sp³-hybridized carbons (Fsp3) is 0.333. The minimum Gasteiger partial charge on any atom is -0.384 e. The van der Waals surface area contributed by atoms with Crippen LogP contribution in [0.5, 0.6) is 0 Å². The van der Waals surface area contributed by atoms with Gasteiger partial charge in [0.15, 0.2) is 0 Å². The Labute approximate surface area is 106 Å². The molecule has 2 aromatic heterocycles. The van der Waals surface area contributed by atoms with Gasteiger partial charge in [0.25, 0.3) is 0 Å². The number of anilines is 1. The first-order valence-electron chi connectivity index (χ1n) is 5.54. The molecule has 0 aromatic carbocycles. The molecule has 0 aliphatic carbocycles. The van der Waals surface area contributed by atoms with E-state index in [9.17, 15) is 0 Å². The van der Waals surface area contributed by atoms with Crippen molar-refractivity contribution < 1.29 is 0 Å². The highest BCUT2D eigenvalue weighted by Gasteiger charge is 2.10.